The summed E-state index contributed by atoms with van der Waals surface area (Å²) in [5.41, 5.74) is 0. The van der Waals surface area contributed by atoms with Crippen LogP contribution in [0.2, 0.25) is 0 Å². The van der Waals surface area contributed by atoms with Crippen LogP contribution in [-0.4, -0.2) is 17.0 Å². The zero-order valence-corrected chi connectivity index (χ0v) is 21.1. The van der Waals surface area contributed by atoms with E-state index >= 15 is 0 Å². The van der Waals surface area contributed by atoms with Gasteiger partial charge in [0.25, 0.3) is 0 Å². The Balaban J connectivity index is 0. The molecule has 0 amide bonds. The molecular weight excluding hydrogens is 375 g/mol. The van der Waals surface area contributed by atoms with Crippen molar-refractivity contribution in [3.8, 4) is 0 Å². The zero-order chi connectivity index (χ0) is 20.9. The van der Waals surface area contributed by atoms with E-state index in [0.29, 0.717) is 6.42 Å². The molecule has 29 heavy (non-hydrogen) atoms. The average molecular weight is 419 g/mol. The molecule has 0 bridgehead atoms. The number of carboxylic acids is 2. The van der Waals surface area contributed by atoms with Crippen molar-refractivity contribution < 1.29 is 49.4 Å². The minimum Gasteiger partial charge on any atom is -0.550 e. The van der Waals surface area contributed by atoms with Gasteiger partial charge in [0.1, 0.15) is 0 Å². The van der Waals surface area contributed by atoms with Gasteiger partial charge >= 0.3 is 35.5 Å². The van der Waals surface area contributed by atoms with E-state index in [0.717, 1.165) is 25.7 Å². The third-order valence-corrected chi connectivity index (χ3v) is 5.33. The Bertz CT molecular complexity index is 410. The Morgan fingerprint density at radius 3 is 1.59 bits per heavy atom. The van der Waals surface area contributed by atoms with E-state index in [2.05, 4.69) is 19.1 Å². The molecule has 0 spiro atoms. The minimum absolute atomic E-state index is 0. The molecule has 0 aliphatic carbocycles. The van der Waals surface area contributed by atoms with Gasteiger partial charge in [-0.15, -0.1) is 0 Å². The van der Waals surface area contributed by atoms with E-state index in [4.69, 9.17) is 5.11 Å². The summed E-state index contributed by atoms with van der Waals surface area (Å²) in [5, 5.41) is 19.5. The molecule has 5 heteroatoms. The summed E-state index contributed by atoms with van der Waals surface area (Å²) in [6.45, 7) is 2.26. The standard InChI is InChI=1S/C24H44O4.Na/c1-2-3-4-5-6-7-8-9-10-11-12-13-14-15-16-17-18-19-20-22(24(27)28)21-23(25)26;/h11-12,22H,2-10,13-21H2,1H3,(H,25,26)(H,27,28);/q;+1/p-1/b12-11+;. The predicted octanol–water partition coefficient (Wildman–Crippen LogP) is 3.04. The van der Waals surface area contributed by atoms with E-state index < -0.39 is 17.9 Å². The minimum atomic E-state index is -1.28. The van der Waals surface area contributed by atoms with Gasteiger partial charge in [0.2, 0.25) is 0 Å². The summed E-state index contributed by atoms with van der Waals surface area (Å²) < 4.78 is 0. The van der Waals surface area contributed by atoms with E-state index in [1.807, 2.05) is 0 Å². The summed E-state index contributed by atoms with van der Waals surface area (Å²) in [4.78, 5) is 21.5. The molecule has 0 fully saturated rings. The molecule has 0 saturated carbocycles. The normalized spacial score (nSPS) is 12.0. The maximum absolute atomic E-state index is 11.0. The first-order valence-corrected chi connectivity index (χ1v) is 11.7. The zero-order valence-electron chi connectivity index (χ0n) is 19.1. The molecule has 0 rings (SSSR count). The summed E-state index contributed by atoms with van der Waals surface area (Å²) in [6.07, 6.45) is 24.5. The SMILES string of the molecule is CCCCCCCCCC/C=C/CCCCCCCCC(CC(=O)[O-])C(=O)O.[Na+]. The van der Waals surface area contributed by atoms with Crippen LogP contribution in [0.3, 0.4) is 0 Å². The molecule has 0 aliphatic rings. The Morgan fingerprint density at radius 2 is 1.17 bits per heavy atom. The van der Waals surface area contributed by atoms with Crippen molar-refractivity contribution in [2.24, 2.45) is 5.92 Å². The van der Waals surface area contributed by atoms with E-state index in [-0.39, 0.29) is 36.0 Å². The van der Waals surface area contributed by atoms with Crippen LogP contribution >= 0.6 is 0 Å². The van der Waals surface area contributed by atoms with Gasteiger partial charge in [-0.1, -0.05) is 96.1 Å². The first-order chi connectivity index (χ1) is 13.6. The third-order valence-electron chi connectivity index (χ3n) is 5.33. The van der Waals surface area contributed by atoms with Crippen molar-refractivity contribution in [1.29, 1.82) is 0 Å². The fourth-order valence-electron chi connectivity index (χ4n) is 3.51. The molecule has 0 heterocycles. The molecule has 0 aromatic rings. The maximum Gasteiger partial charge on any atom is 1.00 e. The van der Waals surface area contributed by atoms with E-state index in [1.165, 1.54) is 77.0 Å². The number of hydrogen-bond acceptors (Lipinski definition) is 3. The van der Waals surface area contributed by atoms with Crippen LogP contribution in [0, 0.1) is 5.92 Å². The first-order valence-electron chi connectivity index (χ1n) is 11.7. The third kappa shape index (κ3) is 23.8. The fourth-order valence-corrected chi connectivity index (χ4v) is 3.51. The number of unbranched alkanes of at least 4 members (excludes halogenated alkanes) is 14. The average Bonchev–Trinajstić information content (AvgIpc) is 2.65. The van der Waals surface area contributed by atoms with Crippen molar-refractivity contribution in [1.82, 2.24) is 0 Å². The molecule has 164 valence electrons. The Kier molecular flexibility index (Phi) is 25.5. The maximum atomic E-state index is 11.0. The number of hydrogen-bond donors (Lipinski definition) is 1. The number of aliphatic carboxylic acids is 2. The molecule has 0 radical (unpaired) electrons. The predicted molar refractivity (Wildman–Crippen MR) is 114 cm³/mol. The molecule has 0 aromatic heterocycles. The summed E-state index contributed by atoms with van der Waals surface area (Å²) in [6, 6.07) is 0. The van der Waals surface area contributed by atoms with Crippen LogP contribution in [0.1, 0.15) is 122 Å². The van der Waals surface area contributed by atoms with Gasteiger partial charge in [0, 0.05) is 12.4 Å². The Labute approximate surface area is 201 Å². The number of allylic oxidation sites excluding steroid dienone is 2. The van der Waals surface area contributed by atoms with Gasteiger partial charge in [-0.05, 0) is 32.1 Å². The van der Waals surface area contributed by atoms with Crippen LogP contribution in [0.15, 0.2) is 12.2 Å². The topological polar surface area (TPSA) is 77.4 Å². The Hall–Kier alpha value is -0.320. The summed E-state index contributed by atoms with van der Waals surface area (Å²) in [5.74, 6) is -3.10. The van der Waals surface area contributed by atoms with Gasteiger partial charge in [-0.2, -0.15) is 0 Å². The van der Waals surface area contributed by atoms with Crippen LogP contribution in [0.25, 0.3) is 0 Å². The van der Waals surface area contributed by atoms with Crippen molar-refractivity contribution in [3.05, 3.63) is 12.2 Å². The molecule has 0 saturated heterocycles. The van der Waals surface area contributed by atoms with Crippen LogP contribution in [-0.2, 0) is 9.59 Å². The quantitative estimate of drug-likeness (QED) is 0.177. The van der Waals surface area contributed by atoms with E-state index in [1.54, 1.807) is 0 Å². The second kappa shape index (κ2) is 24.0. The van der Waals surface area contributed by atoms with Crippen molar-refractivity contribution in [2.45, 2.75) is 122 Å². The first kappa shape index (κ1) is 30.9. The molecule has 0 aromatic carbocycles. The molecule has 0 aliphatic heterocycles. The second-order valence-electron chi connectivity index (χ2n) is 8.04. The smallest absolute Gasteiger partial charge is 0.550 e. The van der Waals surface area contributed by atoms with Crippen LogP contribution < -0.4 is 34.7 Å². The van der Waals surface area contributed by atoms with Gasteiger partial charge in [0.05, 0.1) is 5.92 Å². The second-order valence-corrected chi connectivity index (χ2v) is 8.04. The van der Waals surface area contributed by atoms with Crippen molar-refractivity contribution in [3.63, 3.8) is 0 Å². The van der Waals surface area contributed by atoms with Gasteiger partial charge in [-0.25, -0.2) is 0 Å². The molecule has 1 N–H and O–H groups in total. The number of rotatable bonds is 21. The van der Waals surface area contributed by atoms with Crippen molar-refractivity contribution in [2.75, 3.05) is 0 Å². The molecule has 1 atom stereocenters. The Morgan fingerprint density at radius 1 is 0.759 bits per heavy atom. The molecule has 4 nitrogen and oxygen atoms in total. The number of carbonyl (C=O) groups is 2. The van der Waals surface area contributed by atoms with E-state index in [9.17, 15) is 14.7 Å². The summed E-state index contributed by atoms with van der Waals surface area (Å²) in [7, 11) is 0. The summed E-state index contributed by atoms with van der Waals surface area (Å²) >= 11 is 0. The fraction of sp³-hybridized carbons (Fsp3) is 0.833. The van der Waals surface area contributed by atoms with Gasteiger partial charge in [-0.3, -0.25) is 4.79 Å². The van der Waals surface area contributed by atoms with Gasteiger partial charge < -0.3 is 15.0 Å². The van der Waals surface area contributed by atoms with Crippen molar-refractivity contribution >= 4 is 11.9 Å². The number of carboxylic acid groups (broad SMARTS) is 2. The van der Waals surface area contributed by atoms with Crippen LogP contribution in [0.4, 0.5) is 0 Å². The van der Waals surface area contributed by atoms with Crippen LogP contribution in [0.5, 0.6) is 0 Å². The molecule has 1 unspecified atom stereocenters. The largest absolute Gasteiger partial charge is 1.00 e. The van der Waals surface area contributed by atoms with Gasteiger partial charge in [0.15, 0.2) is 0 Å². The number of carbonyl (C=O) groups excluding carboxylic acids is 1. The molecular formula is C24H43NaO4. The monoisotopic (exact) mass is 418 g/mol.